The second-order valence-corrected chi connectivity index (χ2v) is 5.70. The maximum atomic E-state index is 11.7. The van der Waals surface area contributed by atoms with Gasteiger partial charge in [-0.1, -0.05) is 6.42 Å². The summed E-state index contributed by atoms with van der Waals surface area (Å²) >= 11 is 0. The number of carbonyl (C=O) groups excluding carboxylic acids is 1. The number of carboxylic acids is 1. The lowest BCUT2D eigenvalue weighted by Gasteiger charge is -2.40. The molecule has 1 aliphatic carbocycles. The summed E-state index contributed by atoms with van der Waals surface area (Å²) in [4.78, 5) is 22.6. The van der Waals surface area contributed by atoms with Crippen LogP contribution in [0.2, 0.25) is 0 Å². The van der Waals surface area contributed by atoms with Crippen LogP contribution in [0, 0.1) is 10.8 Å². The predicted octanol–water partition coefficient (Wildman–Crippen LogP) is 0.733. The van der Waals surface area contributed by atoms with Gasteiger partial charge in [0.1, 0.15) is 0 Å². The standard InChI is InChI=1S/C12H22N2O3/c1-11(2,10(16)17)8-14-9(15)6-12(7-13)4-3-5-12/h3-8,13H2,1-2H3,(H,14,15)(H,16,17). The van der Waals surface area contributed by atoms with Crippen molar-refractivity contribution < 1.29 is 14.7 Å². The van der Waals surface area contributed by atoms with Gasteiger partial charge in [-0.15, -0.1) is 0 Å². The highest BCUT2D eigenvalue weighted by Gasteiger charge is 2.38. The lowest BCUT2D eigenvalue weighted by Crippen LogP contribution is -2.44. The summed E-state index contributed by atoms with van der Waals surface area (Å²) in [6, 6.07) is 0. The first kappa shape index (κ1) is 14.0. The maximum Gasteiger partial charge on any atom is 0.310 e. The Kier molecular flexibility index (Phi) is 4.14. The molecule has 17 heavy (non-hydrogen) atoms. The SMILES string of the molecule is CC(C)(CNC(=O)CC1(CN)CCC1)C(=O)O. The van der Waals surface area contributed by atoms with Gasteiger partial charge in [0.25, 0.3) is 0 Å². The van der Waals surface area contributed by atoms with Crippen molar-refractivity contribution in [2.45, 2.75) is 39.5 Å². The molecule has 0 unspecified atom stereocenters. The lowest BCUT2D eigenvalue weighted by molar-refractivity contribution is -0.146. The fourth-order valence-electron chi connectivity index (χ4n) is 1.93. The number of hydrogen-bond donors (Lipinski definition) is 3. The molecule has 0 aliphatic heterocycles. The van der Waals surface area contributed by atoms with Crippen molar-refractivity contribution in [2.24, 2.45) is 16.6 Å². The predicted molar refractivity (Wildman–Crippen MR) is 64.4 cm³/mol. The number of amides is 1. The largest absolute Gasteiger partial charge is 0.481 e. The van der Waals surface area contributed by atoms with Crippen molar-refractivity contribution in [3.8, 4) is 0 Å². The van der Waals surface area contributed by atoms with Gasteiger partial charge in [0.15, 0.2) is 0 Å². The van der Waals surface area contributed by atoms with Crippen LogP contribution in [-0.4, -0.2) is 30.1 Å². The van der Waals surface area contributed by atoms with Gasteiger partial charge in [-0.05, 0) is 38.6 Å². The zero-order chi connectivity index (χ0) is 13.1. The topological polar surface area (TPSA) is 92.4 Å². The number of carboxylic acid groups (broad SMARTS) is 1. The normalized spacial score (nSPS) is 18.3. The number of rotatable bonds is 6. The molecule has 98 valence electrons. The summed E-state index contributed by atoms with van der Waals surface area (Å²) in [5, 5.41) is 11.6. The number of nitrogens with two attached hydrogens (primary N) is 1. The molecule has 0 aromatic rings. The average molecular weight is 242 g/mol. The van der Waals surface area contributed by atoms with Crippen molar-refractivity contribution in [3.63, 3.8) is 0 Å². The Morgan fingerprint density at radius 2 is 2.00 bits per heavy atom. The van der Waals surface area contributed by atoms with E-state index in [2.05, 4.69) is 5.32 Å². The van der Waals surface area contributed by atoms with Crippen LogP contribution >= 0.6 is 0 Å². The molecule has 5 nitrogen and oxygen atoms in total. The molecule has 1 aliphatic rings. The molecule has 0 radical (unpaired) electrons. The molecular formula is C12H22N2O3. The second-order valence-electron chi connectivity index (χ2n) is 5.70. The smallest absolute Gasteiger partial charge is 0.310 e. The molecule has 0 atom stereocenters. The summed E-state index contributed by atoms with van der Waals surface area (Å²) in [7, 11) is 0. The summed E-state index contributed by atoms with van der Waals surface area (Å²) in [6.07, 6.45) is 3.54. The Morgan fingerprint density at radius 3 is 2.35 bits per heavy atom. The molecule has 0 heterocycles. The van der Waals surface area contributed by atoms with Crippen molar-refractivity contribution in [1.82, 2.24) is 5.32 Å². The average Bonchev–Trinajstić information content (AvgIpc) is 2.20. The molecule has 5 heteroatoms. The Labute approximate surface area is 102 Å². The van der Waals surface area contributed by atoms with Crippen LogP contribution in [0.1, 0.15) is 39.5 Å². The van der Waals surface area contributed by atoms with Gasteiger partial charge in [0, 0.05) is 13.0 Å². The van der Waals surface area contributed by atoms with Gasteiger partial charge in [-0.25, -0.2) is 0 Å². The molecule has 1 fully saturated rings. The minimum Gasteiger partial charge on any atom is -0.481 e. The molecule has 0 bridgehead atoms. The van der Waals surface area contributed by atoms with Crippen LogP contribution in [0.5, 0.6) is 0 Å². The van der Waals surface area contributed by atoms with Crippen LogP contribution in [0.4, 0.5) is 0 Å². The molecule has 4 N–H and O–H groups in total. The van der Waals surface area contributed by atoms with E-state index in [-0.39, 0.29) is 17.9 Å². The van der Waals surface area contributed by atoms with E-state index in [4.69, 9.17) is 10.8 Å². The zero-order valence-electron chi connectivity index (χ0n) is 10.6. The summed E-state index contributed by atoms with van der Waals surface area (Å²) in [5.74, 6) is -1.00. The number of carbonyl (C=O) groups is 2. The molecule has 1 rings (SSSR count). The number of nitrogens with one attached hydrogen (secondary N) is 1. The third kappa shape index (κ3) is 3.43. The van der Waals surface area contributed by atoms with E-state index in [1.165, 1.54) is 0 Å². The van der Waals surface area contributed by atoms with Crippen LogP contribution in [0.3, 0.4) is 0 Å². The second kappa shape index (κ2) is 5.04. The van der Waals surface area contributed by atoms with E-state index in [1.807, 2.05) is 0 Å². The third-order valence-corrected chi connectivity index (χ3v) is 3.69. The fourth-order valence-corrected chi connectivity index (χ4v) is 1.93. The first-order valence-corrected chi connectivity index (χ1v) is 6.01. The molecule has 0 spiro atoms. The van der Waals surface area contributed by atoms with Crippen molar-refractivity contribution >= 4 is 11.9 Å². The Bertz CT molecular complexity index is 303. The van der Waals surface area contributed by atoms with Gasteiger partial charge < -0.3 is 16.2 Å². The summed E-state index contributed by atoms with van der Waals surface area (Å²) in [5.41, 5.74) is 4.72. The minimum absolute atomic E-state index is 0.0303. The van der Waals surface area contributed by atoms with Crippen LogP contribution < -0.4 is 11.1 Å². The highest BCUT2D eigenvalue weighted by molar-refractivity contribution is 5.79. The summed E-state index contributed by atoms with van der Waals surface area (Å²) < 4.78 is 0. The molecule has 0 aromatic carbocycles. The molecule has 1 amide bonds. The van der Waals surface area contributed by atoms with Crippen molar-refractivity contribution in [2.75, 3.05) is 13.1 Å². The molecular weight excluding hydrogens is 220 g/mol. The highest BCUT2D eigenvalue weighted by Crippen LogP contribution is 2.42. The van der Waals surface area contributed by atoms with Gasteiger partial charge in [-0.3, -0.25) is 9.59 Å². The van der Waals surface area contributed by atoms with Crippen LogP contribution in [0.25, 0.3) is 0 Å². The monoisotopic (exact) mass is 242 g/mol. The molecule has 0 aromatic heterocycles. The Morgan fingerprint density at radius 1 is 1.41 bits per heavy atom. The van der Waals surface area contributed by atoms with Crippen LogP contribution in [0.15, 0.2) is 0 Å². The Hall–Kier alpha value is -1.10. The van der Waals surface area contributed by atoms with E-state index in [0.29, 0.717) is 13.0 Å². The van der Waals surface area contributed by atoms with Gasteiger partial charge in [0.2, 0.25) is 5.91 Å². The third-order valence-electron chi connectivity index (χ3n) is 3.69. The van der Waals surface area contributed by atoms with Crippen LogP contribution in [-0.2, 0) is 9.59 Å². The first-order chi connectivity index (χ1) is 7.81. The Balaban J connectivity index is 2.38. The molecule has 1 saturated carbocycles. The van der Waals surface area contributed by atoms with E-state index in [1.54, 1.807) is 13.8 Å². The maximum absolute atomic E-state index is 11.7. The van der Waals surface area contributed by atoms with E-state index in [9.17, 15) is 9.59 Å². The quantitative estimate of drug-likeness (QED) is 0.640. The van der Waals surface area contributed by atoms with Gasteiger partial charge in [-0.2, -0.15) is 0 Å². The fraction of sp³-hybridized carbons (Fsp3) is 0.833. The highest BCUT2D eigenvalue weighted by atomic mass is 16.4. The van der Waals surface area contributed by atoms with E-state index >= 15 is 0 Å². The summed E-state index contributed by atoms with van der Waals surface area (Å²) in [6.45, 7) is 3.87. The van der Waals surface area contributed by atoms with Crippen molar-refractivity contribution in [3.05, 3.63) is 0 Å². The molecule has 0 saturated heterocycles. The lowest BCUT2D eigenvalue weighted by atomic mass is 9.66. The van der Waals surface area contributed by atoms with E-state index < -0.39 is 11.4 Å². The number of aliphatic carboxylic acids is 1. The first-order valence-electron chi connectivity index (χ1n) is 6.01. The van der Waals surface area contributed by atoms with Crippen molar-refractivity contribution in [1.29, 1.82) is 0 Å². The van der Waals surface area contributed by atoms with E-state index in [0.717, 1.165) is 19.3 Å². The van der Waals surface area contributed by atoms with Gasteiger partial charge in [0.05, 0.1) is 5.41 Å². The number of hydrogen-bond acceptors (Lipinski definition) is 3. The zero-order valence-corrected chi connectivity index (χ0v) is 10.6. The minimum atomic E-state index is -0.925. The van der Waals surface area contributed by atoms with Gasteiger partial charge >= 0.3 is 5.97 Å².